The van der Waals surface area contributed by atoms with Gasteiger partial charge in [0.05, 0.1) is 23.0 Å². The second-order valence-corrected chi connectivity index (χ2v) is 5.87. The normalized spacial score (nSPS) is 19.7. The molecule has 0 radical (unpaired) electrons. The Hall–Kier alpha value is -1.47. The van der Waals surface area contributed by atoms with Gasteiger partial charge in [-0.3, -0.25) is 4.98 Å². The molecule has 0 aliphatic carbocycles. The molecule has 1 aliphatic rings. The summed E-state index contributed by atoms with van der Waals surface area (Å²) in [5, 5.41) is 6.02. The molecule has 2 aromatic heterocycles. The average molecular weight is 313 g/mol. The predicted octanol–water partition coefficient (Wildman–Crippen LogP) is 4.04. The van der Waals surface area contributed by atoms with E-state index < -0.39 is 11.7 Å². The number of thiazole rings is 1. The molecule has 21 heavy (non-hydrogen) atoms. The Kier molecular flexibility index (Phi) is 3.95. The van der Waals surface area contributed by atoms with Gasteiger partial charge in [-0.1, -0.05) is 6.42 Å². The van der Waals surface area contributed by atoms with Crippen LogP contribution in [0.3, 0.4) is 0 Å². The standard InChI is InChI=1S/C14H14F3N3S/c15-14(16,17)9-4-5-11(19-7-9)13-20-12(8-21-13)10-3-1-2-6-18-10/h4-5,7-8,10,18H,1-3,6H2. The predicted molar refractivity (Wildman–Crippen MR) is 74.9 cm³/mol. The smallest absolute Gasteiger partial charge is 0.309 e. The third-order valence-corrected chi connectivity index (χ3v) is 4.38. The molecule has 0 bridgehead atoms. The lowest BCUT2D eigenvalue weighted by Gasteiger charge is -2.21. The van der Waals surface area contributed by atoms with Crippen LogP contribution in [0.4, 0.5) is 13.2 Å². The van der Waals surface area contributed by atoms with Crippen molar-refractivity contribution in [3.8, 4) is 10.7 Å². The minimum atomic E-state index is -4.36. The molecule has 3 heterocycles. The molecule has 1 N–H and O–H groups in total. The first-order valence-corrected chi connectivity index (χ1v) is 7.64. The van der Waals surface area contributed by atoms with Crippen LogP contribution < -0.4 is 5.32 Å². The number of piperidine rings is 1. The molecule has 1 aliphatic heterocycles. The summed E-state index contributed by atoms with van der Waals surface area (Å²) in [5.74, 6) is 0. The van der Waals surface area contributed by atoms with Gasteiger partial charge >= 0.3 is 6.18 Å². The summed E-state index contributed by atoms with van der Waals surface area (Å²) in [5.41, 5.74) is 0.698. The van der Waals surface area contributed by atoms with Crippen molar-refractivity contribution in [1.29, 1.82) is 0 Å². The fourth-order valence-electron chi connectivity index (χ4n) is 2.36. The van der Waals surface area contributed by atoms with E-state index in [2.05, 4.69) is 15.3 Å². The fraction of sp³-hybridized carbons (Fsp3) is 0.429. The number of alkyl halides is 3. The van der Waals surface area contributed by atoms with Crippen LogP contribution in [0.5, 0.6) is 0 Å². The largest absolute Gasteiger partial charge is 0.417 e. The molecule has 3 rings (SSSR count). The molecular formula is C14H14F3N3S. The molecule has 1 saturated heterocycles. The van der Waals surface area contributed by atoms with Gasteiger partial charge in [0.1, 0.15) is 5.01 Å². The van der Waals surface area contributed by atoms with E-state index in [1.807, 2.05) is 5.38 Å². The van der Waals surface area contributed by atoms with E-state index in [9.17, 15) is 13.2 Å². The van der Waals surface area contributed by atoms with Gasteiger partial charge in [0.15, 0.2) is 0 Å². The number of rotatable bonds is 2. The SMILES string of the molecule is FC(F)(F)c1ccc(-c2nc(C3CCCCN3)cs2)nc1. The molecule has 112 valence electrons. The summed E-state index contributed by atoms with van der Waals surface area (Å²) < 4.78 is 37.5. The van der Waals surface area contributed by atoms with Crippen LogP contribution in [0.1, 0.15) is 36.6 Å². The summed E-state index contributed by atoms with van der Waals surface area (Å²) in [6.45, 7) is 0.982. The van der Waals surface area contributed by atoms with Gasteiger partial charge in [-0.2, -0.15) is 13.2 Å². The second kappa shape index (κ2) is 5.73. The Balaban J connectivity index is 1.79. The first-order valence-electron chi connectivity index (χ1n) is 6.76. The van der Waals surface area contributed by atoms with Crippen molar-refractivity contribution in [3.63, 3.8) is 0 Å². The van der Waals surface area contributed by atoms with E-state index in [-0.39, 0.29) is 6.04 Å². The Morgan fingerprint density at radius 3 is 2.71 bits per heavy atom. The van der Waals surface area contributed by atoms with Crippen LogP contribution in [-0.2, 0) is 6.18 Å². The number of nitrogens with zero attached hydrogens (tertiary/aromatic N) is 2. The highest BCUT2D eigenvalue weighted by Crippen LogP contribution is 2.31. The Morgan fingerprint density at radius 2 is 2.10 bits per heavy atom. The molecule has 2 aromatic rings. The Bertz CT molecular complexity index is 601. The zero-order chi connectivity index (χ0) is 14.9. The van der Waals surface area contributed by atoms with Crippen LogP contribution in [0.15, 0.2) is 23.7 Å². The average Bonchev–Trinajstić information content (AvgIpc) is 2.97. The van der Waals surface area contributed by atoms with E-state index in [0.29, 0.717) is 10.7 Å². The Morgan fingerprint density at radius 1 is 1.24 bits per heavy atom. The zero-order valence-electron chi connectivity index (χ0n) is 11.2. The van der Waals surface area contributed by atoms with Crippen molar-refractivity contribution in [2.24, 2.45) is 0 Å². The molecule has 1 fully saturated rings. The lowest BCUT2D eigenvalue weighted by Crippen LogP contribution is -2.26. The number of aromatic nitrogens is 2. The third kappa shape index (κ3) is 3.24. The molecular weight excluding hydrogens is 299 g/mol. The highest BCUT2D eigenvalue weighted by atomic mass is 32.1. The van der Waals surface area contributed by atoms with Crippen LogP contribution in [0.25, 0.3) is 10.7 Å². The van der Waals surface area contributed by atoms with Gasteiger partial charge < -0.3 is 5.32 Å². The summed E-state index contributed by atoms with van der Waals surface area (Å²) in [6.07, 6.45) is -0.110. The first-order chi connectivity index (χ1) is 10.0. The maximum atomic E-state index is 12.5. The van der Waals surface area contributed by atoms with Crippen LogP contribution in [0, 0.1) is 0 Å². The molecule has 1 unspecified atom stereocenters. The van der Waals surface area contributed by atoms with Crippen molar-refractivity contribution in [1.82, 2.24) is 15.3 Å². The quantitative estimate of drug-likeness (QED) is 0.909. The topological polar surface area (TPSA) is 37.8 Å². The number of nitrogens with one attached hydrogen (secondary N) is 1. The van der Waals surface area contributed by atoms with Crippen molar-refractivity contribution < 1.29 is 13.2 Å². The molecule has 0 amide bonds. The highest BCUT2D eigenvalue weighted by Gasteiger charge is 2.30. The summed E-state index contributed by atoms with van der Waals surface area (Å²) in [4.78, 5) is 8.39. The highest BCUT2D eigenvalue weighted by molar-refractivity contribution is 7.13. The lowest BCUT2D eigenvalue weighted by atomic mass is 10.0. The second-order valence-electron chi connectivity index (χ2n) is 5.01. The molecule has 3 nitrogen and oxygen atoms in total. The van der Waals surface area contributed by atoms with Crippen molar-refractivity contribution in [2.75, 3.05) is 6.54 Å². The van der Waals surface area contributed by atoms with Crippen molar-refractivity contribution in [2.45, 2.75) is 31.5 Å². The van der Waals surface area contributed by atoms with Gasteiger partial charge in [0.25, 0.3) is 0 Å². The van der Waals surface area contributed by atoms with E-state index in [1.54, 1.807) is 0 Å². The van der Waals surface area contributed by atoms with Gasteiger partial charge in [-0.05, 0) is 31.5 Å². The Labute approximate surface area is 124 Å². The lowest BCUT2D eigenvalue weighted by molar-refractivity contribution is -0.137. The fourth-order valence-corrected chi connectivity index (χ4v) is 3.21. The monoisotopic (exact) mass is 313 g/mol. The third-order valence-electron chi connectivity index (χ3n) is 3.50. The maximum absolute atomic E-state index is 12.5. The van der Waals surface area contributed by atoms with Gasteiger partial charge in [-0.25, -0.2) is 4.98 Å². The van der Waals surface area contributed by atoms with Gasteiger partial charge in [0.2, 0.25) is 0 Å². The summed E-state index contributed by atoms with van der Waals surface area (Å²) >= 11 is 1.41. The van der Waals surface area contributed by atoms with Crippen molar-refractivity contribution >= 4 is 11.3 Å². The number of halogens is 3. The number of pyridine rings is 1. The van der Waals surface area contributed by atoms with Crippen LogP contribution in [-0.4, -0.2) is 16.5 Å². The maximum Gasteiger partial charge on any atom is 0.417 e. The van der Waals surface area contributed by atoms with Crippen LogP contribution in [0.2, 0.25) is 0 Å². The zero-order valence-corrected chi connectivity index (χ0v) is 12.0. The van der Waals surface area contributed by atoms with E-state index in [4.69, 9.17) is 0 Å². The van der Waals surface area contributed by atoms with Crippen LogP contribution >= 0.6 is 11.3 Å². The number of hydrogen-bond donors (Lipinski definition) is 1. The molecule has 0 saturated carbocycles. The van der Waals surface area contributed by atoms with E-state index in [0.717, 1.165) is 30.9 Å². The molecule has 1 atom stereocenters. The molecule has 0 aromatic carbocycles. The summed E-state index contributed by atoms with van der Waals surface area (Å²) in [7, 11) is 0. The minimum Gasteiger partial charge on any atom is -0.309 e. The van der Waals surface area contributed by atoms with Gasteiger partial charge in [0, 0.05) is 11.6 Å². The van der Waals surface area contributed by atoms with Gasteiger partial charge in [-0.15, -0.1) is 11.3 Å². The van der Waals surface area contributed by atoms with Crippen molar-refractivity contribution in [3.05, 3.63) is 35.0 Å². The van der Waals surface area contributed by atoms with E-state index in [1.165, 1.54) is 30.2 Å². The molecule has 0 spiro atoms. The summed E-state index contributed by atoms with van der Waals surface area (Å²) in [6, 6.07) is 2.67. The first kappa shape index (κ1) is 14.5. The number of hydrogen-bond acceptors (Lipinski definition) is 4. The minimum absolute atomic E-state index is 0.248. The van der Waals surface area contributed by atoms with E-state index >= 15 is 0 Å². The molecule has 7 heteroatoms.